The highest BCUT2D eigenvalue weighted by Crippen LogP contribution is 2.20. The van der Waals surface area contributed by atoms with E-state index in [1.165, 1.54) is 6.33 Å². The molecule has 1 amide bonds. The molecule has 1 saturated heterocycles. The zero-order valence-corrected chi connectivity index (χ0v) is 11.8. The summed E-state index contributed by atoms with van der Waals surface area (Å²) in [7, 11) is 0. The van der Waals surface area contributed by atoms with Gasteiger partial charge in [-0.05, 0) is 24.5 Å². The van der Waals surface area contributed by atoms with E-state index in [4.69, 9.17) is 0 Å². The maximum atomic E-state index is 12.3. The van der Waals surface area contributed by atoms with Crippen LogP contribution < -0.4 is 0 Å². The number of carbonyl (C=O) groups is 1. The van der Waals surface area contributed by atoms with Crippen LogP contribution in [-0.2, 0) is 4.79 Å². The lowest BCUT2D eigenvalue weighted by Crippen LogP contribution is -2.40. The first-order valence-corrected chi connectivity index (χ1v) is 7.19. The van der Waals surface area contributed by atoms with Gasteiger partial charge in [0.2, 0.25) is 5.91 Å². The van der Waals surface area contributed by atoms with Crippen LogP contribution in [0.2, 0.25) is 0 Å². The molecule has 5 heteroatoms. The van der Waals surface area contributed by atoms with Crippen molar-refractivity contribution in [2.24, 2.45) is 0 Å². The predicted molar refractivity (Wildman–Crippen MR) is 80.3 cm³/mol. The number of carbonyl (C=O) groups excluding carboxylic acids is 1. The third-order valence-electron chi connectivity index (χ3n) is 3.74. The van der Waals surface area contributed by atoms with Crippen LogP contribution in [0.4, 0.5) is 0 Å². The lowest BCUT2D eigenvalue weighted by atomic mass is 10.1. The smallest absolute Gasteiger partial charge is 0.246 e. The van der Waals surface area contributed by atoms with Crippen molar-refractivity contribution >= 4 is 12.0 Å². The number of rotatable bonds is 3. The lowest BCUT2D eigenvalue weighted by molar-refractivity contribution is -0.127. The number of amides is 1. The Kier molecular flexibility index (Phi) is 4.09. The van der Waals surface area contributed by atoms with E-state index in [9.17, 15) is 4.79 Å². The zero-order chi connectivity index (χ0) is 14.5. The molecule has 5 nitrogen and oxygen atoms in total. The number of hydrogen-bond acceptors (Lipinski definition) is 3. The first-order chi connectivity index (χ1) is 10.3. The minimum absolute atomic E-state index is 0.0590. The summed E-state index contributed by atoms with van der Waals surface area (Å²) < 4.78 is 1.85. The van der Waals surface area contributed by atoms with E-state index in [1.54, 1.807) is 12.4 Å². The molecular formula is C16H18N4O. The molecule has 0 radical (unpaired) electrons. The van der Waals surface area contributed by atoms with Gasteiger partial charge in [-0.15, -0.1) is 0 Å². The summed E-state index contributed by atoms with van der Waals surface area (Å²) in [6.45, 7) is 1.50. The molecule has 1 unspecified atom stereocenters. The molecule has 1 aromatic carbocycles. The second-order valence-corrected chi connectivity index (χ2v) is 5.20. The van der Waals surface area contributed by atoms with E-state index >= 15 is 0 Å². The second-order valence-electron chi connectivity index (χ2n) is 5.20. The van der Waals surface area contributed by atoms with Crippen LogP contribution >= 0.6 is 0 Å². The van der Waals surface area contributed by atoms with Gasteiger partial charge in [0.15, 0.2) is 0 Å². The molecule has 108 valence electrons. The summed E-state index contributed by atoms with van der Waals surface area (Å²) in [6, 6.07) is 10.1. The third-order valence-corrected chi connectivity index (χ3v) is 3.74. The van der Waals surface area contributed by atoms with E-state index in [-0.39, 0.29) is 11.9 Å². The zero-order valence-electron chi connectivity index (χ0n) is 11.8. The normalized spacial score (nSPS) is 19.0. The average molecular weight is 282 g/mol. The van der Waals surface area contributed by atoms with Gasteiger partial charge in [-0.1, -0.05) is 30.3 Å². The highest BCUT2D eigenvalue weighted by atomic mass is 16.2. The molecule has 21 heavy (non-hydrogen) atoms. The van der Waals surface area contributed by atoms with E-state index in [0.29, 0.717) is 6.54 Å². The van der Waals surface area contributed by atoms with Gasteiger partial charge in [0.05, 0.1) is 6.04 Å². The second kappa shape index (κ2) is 6.35. The Morgan fingerprint density at radius 2 is 2.14 bits per heavy atom. The summed E-state index contributed by atoms with van der Waals surface area (Å²) in [6.07, 6.45) is 8.81. The van der Waals surface area contributed by atoms with Gasteiger partial charge in [-0.25, -0.2) is 9.67 Å². The molecule has 3 rings (SSSR count). The molecule has 1 aliphatic heterocycles. The minimum Gasteiger partial charge on any atom is -0.337 e. The lowest BCUT2D eigenvalue weighted by Gasteiger charge is -2.31. The average Bonchev–Trinajstić information content (AvgIpc) is 3.08. The summed E-state index contributed by atoms with van der Waals surface area (Å²) in [4.78, 5) is 18.1. The summed E-state index contributed by atoms with van der Waals surface area (Å²) >= 11 is 0. The Labute approximate surface area is 123 Å². The van der Waals surface area contributed by atoms with Gasteiger partial charge < -0.3 is 4.90 Å². The molecule has 2 heterocycles. The van der Waals surface area contributed by atoms with Crippen LogP contribution in [-0.4, -0.2) is 38.7 Å². The fourth-order valence-corrected chi connectivity index (χ4v) is 2.61. The maximum Gasteiger partial charge on any atom is 0.246 e. The van der Waals surface area contributed by atoms with Crippen molar-refractivity contribution in [1.82, 2.24) is 19.7 Å². The Morgan fingerprint density at radius 3 is 2.90 bits per heavy atom. The van der Waals surface area contributed by atoms with Crippen molar-refractivity contribution < 1.29 is 4.79 Å². The minimum atomic E-state index is 0.0590. The van der Waals surface area contributed by atoms with E-state index in [0.717, 1.165) is 24.9 Å². The molecule has 0 bridgehead atoms. The van der Waals surface area contributed by atoms with Gasteiger partial charge >= 0.3 is 0 Å². The Balaban J connectivity index is 1.63. The molecule has 2 aromatic rings. The molecule has 1 aliphatic rings. The van der Waals surface area contributed by atoms with Crippen LogP contribution in [0.25, 0.3) is 6.08 Å². The molecule has 1 atom stereocenters. The number of aromatic nitrogens is 3. The number of piperidine rings is 1. The fourth-order valence-electron chi connectivity index (χ4n) is 2.61. The van der Waals surface area contributed by atoms with Crippen LogP contribution in [0.1, 0.15) is 24.4 Å². The van der Waals surface area contributed by atoms with Crippen molar-refractivity contribution in [1.29, 1.82) is 0 Å². The van der Waals surface area contributed by atoms with Crippen molar-refractivity contribution in [2.45, 2.75) is 18.9 Å². The molecule has 0 saturated carbocycles. The van der Waals surface area contributed by atoms with Crippen LogP contribution in [0.15, 0.2) is 49.1 Å². The van der Waals surface area contributed by atoms with Crippen molar-refractivity contribution in [3.05, 3.63) is 54.6 Å². The molecule has 0 spiro atoms. The Bertz CT molecular complexity index is 606. The van der Waals surface area contributed by atoms with E-state index in [2.05, 4.69) is 10.1 Å². The highest BCUT2D eigenvalue weighted by Gasteiger charge is 2.23. The Hall–Kier alpha value is -2.43. The van der Waals surface area contributed by atoms with Crippen molar-refractivity contribution in [3.8, 4) is 0 Å². The molecule has 1 fully saturated rings. The molecule has 0 N–H and O–H groups in total. The standard InChI is InChI=1S/C16H18N4O/c21-16(9-8-14-5-2-1-3-6-14)19-10-4-7-15(11-19)20-13-17-12-18-20/h1-3,5-6,8-9,12-13,15H,4,7,10-11H2. The van der Waals surface area contributed by atoms with Crippen LogP contribution in [0.5, 0.6) is 0 Å². The van der Waals surface area contributed by atoms with Crippen molar-refractivity contribution in [2.75, 3.05) is 13.1 Å². The van der Waals surface area contributed by atoms with Gasteiger partial charge in [0.1, 0.15) is 12.7 Å². The number of benzene rings is 1. The molecule has 1 aromatic heterocycles. The Morgan fingerprint density at radius 1 is 1.29 bits per heavy atom. The van der Waals surface area contributed by atoms with Gasteiger partial charge in [0.25, 0.3) is 0 Å². The SMILES string of the molecule is O=C(C=Cc1ccccc1)N1CCCC(n2cncn2)C1. The predicted octanol–water partition coefficient (Wildman–Crippen LogP) is 2.16. The topological polar surface area (TPSA) is 51.0 Å². The monoisotopic (exact) mass is 282 g/mol. The summed E-state index contributed by atoms with van der Waals surface area (Å²) in [5.74, 6) is 0.0590. The van der Waals surface area contributed by atoms with Crippen molar-refractivity contribution in [3.63, 3.8) is 0 Å². The van der Waals surface area contributed by atoms with E-state index in [1.807, 2.05) is 46.0 Å². The molecular weight excluding hydrogens is 264 g/mol. The van der Waals surface area contributed by atoms with Crippen LogP contribution in [0.3, 0.4) is 0 Å². The molecule has 0 aliphatic carbocycles. The summed E-state index contributed by atoms with van der Waals surface area (Å²) in [5.41, 5.74) is 1.04. The number of hydrogen-bond donors (Lipinski definition) is 0. The highest BCUT2D eigenvalue weighted by molar-refractivity contribution is 5.91. The fraction of sp³-hybridized carbons (Fsp3) is 0.312. The number of likely N-dealkylation sites (tertiary alicyclic amines) is 1. The third kappa shape index (κ3) is 3.37. The van der Waals surface area contributed by atoms with Gasteiger partial charge in [0, 0.05) is 19.2 Å². The van der Waals surface area contributed by atoms with Gasteiger partial charge in [-0.3, -0.25) is 4.79 Å². The van der Waals surface area contributed by atoms with E-state index < -0.39 is 0 Å². The quantitative estimate of drug-likeness (QED) is 0.811. The number of nitrogens with zero attached hydrogens (tertiary/aromatic N) is 4. The van der Waals surface area contributed by atoms with Crippen LogP contribution in [0, 0.1) is 0 Å². The first kappa shape index (κ1) is 13.5. The van der Waals surface area contributed by atoms with Gasteiger partial charge in [-0.2, -0.15) is 5.10 Å². The first-order valence-electron chi connectivity index (χ1n) is 7.19. The largest absolute Gasteiger partial charge is 0.337 e. The summed E-state index contributed by atoms with van der Waals surface area (Å²) in [5, 5.41) is 4.18. The maximum absolute atomic E-state index is 12.3.